The molecule has 1 aliphatic rings. The molecule has 0 saturated heterocycles. The van der Waals surface area contributed by atoms with Crippen molar-refractivity contribution in [3.8, 4) is 0 Å². The molecule has 3 aromatic carbocycles. The van der Waals surface area contributed by atoms with Gasteiger partial charge < -0.3 is 0 Å². The van der Waals surface area contributed by atoms with Gasteiger partial charge in [0.25, 0.3) is 0 Å². The predicted molar refractivity (Wildman–Crippen MR) is 116 cm³/mol. The van der Waals surface area contributed by atoms with Crippen LogP contribution >= 0.6 is 15.9 Å². The molecular formula is C24H21BrN2O. The van der Waals surface area contributed by atoms with Gasteiger partial charge in [-0.15, -0.1) is 0 Å². The van der Waals surface area contributed by atoms with Crippen molar-refractivity contribution in [2.45, 2.75) is 18.8 Å². The number of hydrogen-bond acceptors (Lipinski definition) is 2. The molecule has 1 saturated carbocycles. The van der Waals surface area contributed by atoms with Gasteiger partial charge in [0.2, 0.25) is 5.91 Å². The van der Waals surface area contributed by atoms with Crippen LogP contribution in [0.5, 0.6) is 0 Å². The summed E-state index contributed by atoms with van der Waals surface area (Å²) in [6.07, 6.45) is 0.790. The van der Waals surface area contributed by atoms with Crippen molar-refractivity contribution in [1.29, 1.82) is 0 Å². The van der Waals surface area contributed by atoms with E-state index in [1.54, 1.807) is 0 Å². The van der Waals surface area contributed by atoms with E-state index < -0.39 is 0 Å². The molecule has 0 unspecified atom stereocenters. The number of halogens is 1. The minimum atomic E-state index is -0.272. The van der Waals surface area contributed by atoms with Crippen molar-refractivity contribution >= 4 is 27.5 Å². The molecule has 140 valence electrons. The molecule has 3 aromatic rings. The highest BCUT2D eigenvalue weighted by molar-refractivity contribution is 9.10. The van der Waals surface area contributed by atoms with Crippen LogP contribution in [0, 0.1) is 5.92 Å². The van der Waals surface area contributed by atoms with Gasteiger partial charge >= 0.3 is 0 Å². The van der Waals surface area contributed by atoms with Gasteiger partial charge in [0.15, 0.2) is 0 Å². The van der Waals surface area contributed by atoms with Crippen molar-refractivity contribution in [3.05, 3.63) is 106 Å². The van der Waals surface area contributed by atoms with Crippen molar-refractivity contribution in [3.63, 3.8) is 0 Å². The van der Waals surface area contributed by atoms with Crippen LogP contribution in [0.15, 0.2) is 94.5 Å². The highest BCUT2D eigenvalue weighted by Gasteiger charge is 2.60. The molecule has 3 nitrogen and oxygen atoms in total. The first-order valence-electron chi connectivity index (χ1n) is 9.32. The maximum absolute atomic E-state index is 12.9. The molecule has 0 bridgehead atoms. The number of hydrogen-bond donors (Lipinski definition) is 1. The van der Waals surface area contributed by atoms with E-state index in [0.29, 0.717) is 0 Å². The second kappa shape index (κ2) is 7.72. The van der Waals surface area contributed by atoms with Gasteiger partial charge in [0, 0.05) is 9.89 Å². The number of carbonyl (C=O) groups excluding carboxylic acids is 1. The first-order chi connectivity index (χ1) is 13.6. The van der Waals surface area contributed by atoms with Crippen LogP contribution in [-0.2, 0) is 10.2 Å². The Morgan fingerprint density at radius 1 is 0.964 bits per heavy atom. The number of hydrazone groups is 1. The predicted octanol–water partition coefficient (Wildman–Crippen LogP) is 5.30. The van der Waals surface area contributed by atoms with Crippen molar-refractivity contribution in [2.24, 2.45) is 11.0 Å². The highest BCUT2D eigenvalue weighted by Crippen LogP contribution is 2.58. The van der Waals surface area contributed by atoms with E-state index in [2.05, 4.69) is 50.7 Å². The summed E-state index contributed by atoms with van der Waals surface area (Å²) in [7, 11) is 0. The summed E-state index contributed by atoms with van der Waals surface area (Å²) in [5.74, 6) is -0.168. The summed E-state index contributed by atoms with van der Waals surface area (Å²) < 4.78 is 0.986. The van der Waals surface area contributed by atoms with Crippen LogP contribution in [0.3, 0.4) is 0 Å². The maximum Gasteiger partial charge on any atom is 0.244 e. The zero-order chi connectivity index (χ0) is 19.6. The maximum atomic E-state index is 12.9. The van der Waals surface area contributed by atoms with Gasteiger partial charge in [0.1, 0.15) is 0 Å². The third kappa shape index (κ3) is 3.52. The zero-order valence-electron chi connectivity index (χ0n) is 15.6. The summed E-state index contributed by atoms with van der Waals surface area (Å²) in [6.45, 7) is 1.90. The lowest BCUT2D eigenvalue weighted by Gasteiger charge is -2.18. The van der Waals surface area contributed by atoms with Gasteiger partial charge in [-0.2, -0.15) is 5.10 Å². The van der Waals surface area contributed by atoms with Crippen LogP contribution in [-0.4, -0.2) is 11.6 Å². The lowest BCUT2D eigenvalue weighted by Crippen LogP contribution is -2.26. The minimum absolute atomic E-state index is 0.0398. The van der Waals surface area contributed by atoms with Crippen molar-refractivity contribution in [1.82, 2.24) is 5.43 Å². The Labute approximate surface area is 173 Å². The molecule has 28 heavy (non-hydrogen) atoms. The van der Waals surface area contributed by atoms with Crippen molar-refractivity contribution in [2.75, 3.05) is 0 Å². The monoisotopic (exact) mass is 432 g/mol. The quantitative estimate of drug-likeness (QED) is 0.431. The lowest BCUT2D eigenvalue weighted by atomic mass is 9.85. The topological polar surface area (TPSA) is 41.5 Å². The molecule has 0 spiro atoms. The van der Waals surface area contributed by atoms with Gasteiger partial charge in [-0.3, -0.25) is 4.79 Å². The highest BCUT2D eigenvalue weighted by atomic mass is 79.9. The minimum Gasteiger partial charge on any atom is -0.273 e. The van der Waals surface area contributed by atoms with Crippen LogP contribution in [0.1, 0.15) is 30.0 Å². The zero-order valence-corrected chi connectivity index (χ0v) is 17.2. The number of rotatable bonds is 5. The Bertz CT molecular complexity index is 976. The van der Waals surface area contributed by atoms with Crippen LogP contribution in [0.2, 0.25) is 0 Å². The molecule has 0 aromatic heterocycles. The van der Waals surface area contributed by atoms with E-state index in [4.69, 9.17) is 0 Å². The van der Waals surface area contributed by atoms with E-state index in [1.807, 2.05) is 67.6 Å². The molecule has 4 heteroatoms. The Kier molecular flexibility index (Phi) is 5.14. The molecule has 0 heterocycles. The average Bonchev–Trinajstić information content (AvgIpc) is 3.50. The van der Waals surface area contributed by atoms with E-state index in [0.717, 1.165) is 22.2 Å². The van der Waals surface area contributed by atoms with Gasteiger partial charge in [-0.1, -0.05) is 88.7 Å². The van der Waals surface area contributed by atoms with Crippen LogP contribution < -0.4 is 5.43 Å². The molecule has 1 fully saturated rings. The fourth-order valence-corrected chi connectivity index (χ4v) is 4.25. The SMILES string of the molecule is C/C(=N/NC(=O)[C@H]1CC1(c1ccccc1)c1ccccc1)c1cccc(Br)c1. The summed E-state index contributed by atoms with van der Waals surface area (Å²) >= 11 is 3.47. The molecule has 1 aliphatic carbocycles. The second-order valence-corrected chi connectivity index (χ2v) is 8.06. The smallest absolute Gasteiger partial charge is 0.244 e. The van der Waals surface area contributed by atoms with Crippen LogP contribution in [0.25, 0.3) is 0 Å². The third-order valence-electron chi connectivity index (χ3n) is 5.43. The summed E-state index contributed by atoms with van der Waals surface area (Å²) in [5.41, 5.74) is 6.62. The molecular weight excluding hydrogens is 412 g/mol. The Balaban J connectivity index is 1.57. The third-order valence-corrected chi connectivity index (χ3v) is 5.92. The Morgan fingerprint density at radius 3 is 2.14 bits per heavy atom. The summed E-state index contributed by atoms with van der Waals surface area (Å²) in [6, 6.07) is 28.4. The molecule has 0 aliphatic heterocycles. The van der Waals surface area contributed by atoms with E-state index in [-0.39, 0.29) is 17.2 Å². The van der Waals surface area contributed by atoms with Gasteiger partial charge in [-0.05, 0) is 42.2 Å². The molecule has 4 rings (SSSR count). The fourth-order valence-electron chi connectivity index (χ4n) is 3.85. The summed E-state index contributed by atoms with van der Waals surface area (Å²) in [4.78, 5) is 12.9. The number of carbonyl (C=O) groups is 1. The first kappa shape index (κ1) is 18.6. The average molecular weight is 433 g/mol. The van der Waals surface area contributed by atoms with Crippen molar-refractivity contribution < 1.29 is 4.79 Å². The molecule has 1 N–H and O–H groups in total. The molecule has 1 atom stereocenters. The second-order valence-electron chi connectivity index (χ2n) is 7.14. The van der Waals surface area contributed by atoms with E-state index in [1.165, 1.54) is 11.1 Å². The first-order valence-corrected chi connectivity index (χ1v) is 10.1. The lowest BCUT2D eigenvalue weighted by molar-refractivity contribution is -0.122. The standard InChI is InChI=1S/C24H21BrN2O/c1-17(18-9-8-14-21(25)15-18)26-27-23(28)22-16-24(22,19-10-4-2-5-11-19)20-12-6-3-7-13-20/h2-15,22H,16H2,1H3,(H,27,28)/b26-17-/t22-/m1/s1. The summed E-state index contributed by atoms with van der Waals surface area (Å²) in [5, 5.41) is 4.35. The van der Waals surface area contributed by atoms with Gasteiger partial charge in [0.05, 0.1) is 11.6 Å². The fraction of sp³-hybridized carbons (Fsp3) is 0.167. The molecule has 1 amide bonds. The van der Waals surface area contributed by atoms with E-state index in [9.17, 15) is 4.79 Å². The normalized spacial score (nSPS) is 17.8. The number of benzene rings is 3. The Morgan fingerprint density at radius 2 is 1.57 bits per heavy atom. The number of nitrogens with zero attached hydrogens (tertiary/aromatic N) is 1. The largest absolute Gasteiger partial charge is 0.273 e. The number of nitrogens with one attached hydrogen (secondary N) is 1. The molecule has 0 radical (unpaired) electrons. The van der Waals surface area contributed by atoms with Crippen LogP contribution in [0.4, 0.5) is 0 Å². The van der Waals surface area contributed by atoms with E-state index >= 15 is 0 Å². The van der Waals surface area contributed by atoms with Gasteiger partial charge in [-0.25, -0.2) is 5.43 Å². The number of amides is 1. The Hall–Kier alpha value is -2.72.